The molecule has 1 aliphatic heterocycles. The molecule has 5 nitrogen and oxygen atoms in total. The lowest BCUT2D eigenvalue weighted by Gasteiger charge is -2.28. The van der Waals surface area contributed by atoms with Crippen LogP contribution in [-0.2, 0) is 6.42 Å². The third kappa shape index (κ3) is 3.22. The van der Waals surface area contributed by atoms with Crippen LogP contribution >= 0.6 is 0 Å². The zero-order valence-corrected chi connectivity index (χ0v) is 15.7. The lowest BCUT2D eigenvalue weighted by molar-refractivity contribution is 0.0722. The molecule has 0 unspecified atom stereocenters. The van der Waals surface area contributed by atoms with Gasteiger partial charge in [-0.2, -0.15) is 0 Å². The molecule has 140 valence electrons. The van der Waals surface area contributed by atoms with Crippen molar-refractivity contribution >= 4 is 11.7 Å². The predicted molar refractivity (Wildman–Crippen MR) is 104 cm³/mol. The van der Waals surface area contributed by atoms with Crippen molar-refractivity contribution in [1.82, 2.24) is 9.47 Å². The maximum absolute atomic E-state index is 13.3. The van der Waals surface area contributed by atoms with Crippen molar-refractivity contribution in [2.24, 2.45) is 0 Å². The van der Waals surface area contributed by atoms with E-state index >= 15 is 0 Å². The number of hydrogen-bond donors (Lipinski definition) is 0. The minimum absolute atomic E-state index is 0.0183. The fourth-order valence-electron chi connectivity index (χ4n) is 4.08. The standard InChI is InChI=1S/C22H24N2O3/c1-15-8-10-16(11-9-15)24-19-6-5-7-20(25)17(19)14-18(22(24)27)21(26)23-12-3-2-4-13-23/h8-11,14H,2-7,12-13H2,1H3. The Morgan fingerprint density at radius 1 is 0.926 bits per heavy atom. The molecule has 4 rings (SSSR count). The van der Waals surface area contributed by atoms with E-state index in [2.05, 4.69) is 0 Å². The summed E-state index contributed by atoms with van der Waals surface area (Å²) >= 11 is 0. The van der Waals surface area contributed by atoms with Crippen LogP contribution in [0.5, 0.6) is 0 Å². The first-order chi connectivity index (χ1) is 13.1. The highest BCUT2D eigenvalue weighted by molar-refractivity contribution is 6.02. The minimum Gasteiger partial charge on any atom is -0.338 e. The maximum atomic E-state index is 13.3. The highest BCUT2D eigenvalue weighted by Crippen LogP contribution is 2.24. The van der Waals surface area contributed by atoms with Crippen molar-refractivity contribution in [2.45, 2.75) is 45.4 Å². The Morgan fingerprint density at radius 2 is 1.63 bits per heavy atom. The number of nitrogens with zero attached hydrogens (tertiary/aromatic N) is 2. The predicted octanol–water partition coefficient (Wildman–Crippen LogP) is 3.29. The van der Waals surface area contributed by atoms with E-state index in [0.29, 0.717) is 37.2 Å². The fourth-order valence-corrected chi connectivity index (χ4v) is 4.08. The van der Waals surface area contributed by atoms with Gasteiger partial charge in [-0.1, -0.05) is 17.7 Å². The zero-order chi connectivity index (χ0) is 19.0. The molecule has 1 aliphatic carbocycles. The number of fused-ring (bicyclic) bond motifs is 1. The molecular weight excluding hydrogens is 340 g/mol. The van der Waals surface area contributed by atoms with Gasteiger partial charge in [0.05, 0.1) is 0 Å². The van der Waals surface area contributed by atoms with Gasteiger partial charge < -0.3 is 4.90 Å². The third-order valence-electron chi connectivity index (χ3n) is 5.59. The topological polar surface area (TPSA) is 59.4 Å². The molecule has 1 aromatic carbocycles. The van der Waals surface area contributed by atoms with E-state index in [9.17, 15) is 14.4 Å². The van der Waals surface area contributed by atoms with Crippen molar-refractivity contribution in [3.8, 4) is 5.69 Å². The number of Topliss-reactive ketones (excluding diaryl/α,β-unsaturated/α-hetero) is 1. The van der Waals surface area contributed by atoms with E-state index in [1.165, 1.54) is 0 Å². The number of amides is 1. The average Bonchev–Trinajstić information content (AvgIpc) is 2.69. The molecule has 0 saturated carbocycles. The lowest BCUT2D eigenvalue weighted by Crippen LogP contribution is -2.40. The highest BCUT2D eigenvalue weighted by Gasteiger charge is 2.28. The van der Waals surface area contributed by atoms with Crippen LogP contribution in [0.1, 0.15) is 64.1 Å². The van der Waals surface area contributed by atoms with Crippen molar-refractivity contribution in [3.63, 3.8) is 0 Å². The lowest BCUT2D eigenvalue weighted by atomic mass is 9.92. The molecule has 1 saturated heterocycles. The van der Waals surface area contributed by atoms with Crippen molar-refractivity contribution in [1.29, 1.82) is 0 Å². The van der Waals surface area contributed by atoms with Crippen LogP contribution in [0.15, 0.2) is 35.1 Å². The molecule has 5 heteroatoms. The number of aryl methyl sites for hydroxylation is 1. The maximum Gasteiger partial charge on any atom is 0.268 e. The number of aromatic nitrogens is 1. The molecule has 2 aromatic rings. The van der Waals surface area contributed by atoms with Gasteiger partial charge in [0.15, 0.2) is 5.78 Å². The van der Waals surface area contributed by atoms with Gasteiger partial charge in [-0.05, 0) is 57.2 Å². The van der Waals surface area contributed by atoms with Crippen LogP contribution in [0, 0.1) is 6.92 Å². The fraction of sp³-hybridized carbons (Fsp3) is 0.409. The molecular formula is C22H24N2O3. The van der Waals surface area contributed by atoms with Crippen LogP contribution in [0.2, 0.25) is 0 Å². The van der Waals surface area contributed by atoms with Crippen LogP contribution < -0.4 is 5.56 Å². The number of rotatable bonds is 2. The zero-order valence-electron chi connectivity index (χ0n) is 15.7. The number of pyridine rings is 1. The summed E-state index contributed by atoms with van der Waals surface area (Å²) in [5, 5.41) is 0. The Labute approximate surface area is 158 Å². The molecule has 0 N–H and O–H groups in total. The van der Waals surface area contributed by atoms with Crippen molar-refractivity contribution in [3.05, 3.63) is 63.1 Å². The van der Waals surface area contributed by atoms with Gasteiger partial charge in [0.1, 0.15) is 5.56 Å². The molecule has 2 aliphatic rings. The Hall–Kier alpha value is -2.69. The molecule has 0 bridgehead atoms. The van der Waals surface area contributed by atoms with Gasteiger partial charge in [0.25, 0.3) is 11.5 Å². The molecule has 1 aromatic heterocycles. The Kier molecular flexibility index (Phi) is 4.68. The Bertz CT molecular complexity index is 951. The molecule has 2 heterocycles. The van der Waals surface area contributed by atoms with E-state index in [1.54, 1.807) is 15.5 Å². The second-order valence-corrected chi connectivity index (χ2v) is 7.52. The van der Waals surface area contributed by atoms with Gasteiger partial charge in [-0.3, -0.25) is 19.0 Å². The molecule has 0 radical (unpaired) electrons. The van der Waals surface area contributed by atoms with Gasteiger partial charge in [0, 0.05) is 36.5 Å². The number of hydrogen-bond acceptors (Lipinski definition) is 3. The summed E-state index contributed by atoms with van der Waals surface area (Å²) in [5.74, 6) is -0.230. The van der Waals surface area contributed by atoms with E-state index in [-0.39, 0.29) is 22.8 Å². The Balaban J connectivity index is 1.90. The van der Waals surface area contributed by atoms with Crippen LogP contribution in [0.4, 0.5) is 0 Å². The summed E-state index contributed by atoms with van der Waals surface area (Å²) in [5.41, 5.74) is 2.87. The van der Waals surface area contributed by atoms with E-state index in [1.807, 2.05) is 31.2 Å². The molecule has 27 heavy (non-hydrogen) atoms. The van der Waals surface area contributed by atoms with Gasteiger partial charge >= 0.3 is 0 Å². The monoisotopic (exact) mass is 364 g/mol. The highest BCUT2D eigenvalue weighted by atomic mass is 16.2. The van der Waals surface area contributed by atoms with E-state index < -0.39 is 0 Å². The summed E-state index contributed by atoms with van der Waals surface area (Å²) in [6.45, 7) is 3.34. The molecule has 0 spiro atoms. The number of likely N-dealkylation sites (tertiary alicyclic amines) is 1. The van der Waals surface area contributed by atoms with E-state index in [4.69, 9.17) is 0 Å². The minimum atomic E-state index is -0.317. The van der Waals surface area contributed by atoms with Crippen LogP contribution in [0.25, 0.3) is 5.69 Å². The normalized spacial score (nSPS) is 16.9. The summed E-state index contributed by atoms with van der Waals surface area (Å²) in [6, 6.07) is 9.20. The van der Waals surface area contributed by atoms with Crippen LogP contribution in [-0.4, -0.2) is 34.2 Å². The summed E-state index contributed by atoms with van der Waals surface area (Å²) in [4.78, 5) is 40.7. The Morgan fingerprint density at radius 3 is 2.33 bits per heavy atom. The quantitative estimate of drug-likeness (QED) is 0.822. The van der Waals surface area contributed by atoms with Crippen molar-refractivity contribution in [2.75, 3.05) is 13.1 Å². The first-order valence-corrected chi connectivity index (χ1v) is 9.75. The number of benzene rings is 1. The van der Waals surface area contributed by atoms with Gasteiger partial charge in [0.2, 0.25) is 0 Å². The molecule has 1 fully saturated rings. The smallest absolute Gasteiger partial charge is 0.268 e. The molecule has 0 atom stereocenters. The summed E-state index contributed by atoms with van der Waals surface area (Å²) in [7, 11) is 0. The summed E-state index contributed by atoms with van der Waals surface area (Å²) in [6.07, 6.45) is 4.90. The first-order valence-electron chi connectivity index (χ1n) is 9.75. The van der Waals surface area contributed by atoms with Gasteiger partial charge in [-0.25, -0.2) is 0 Å². The second-order valence-electron chi connectivity index (χ2n) is 7.52. The number of carbonyl (C=O) groups is 2. The second kappa shape index (κ2) is 7.14. The third-order valence-corrected chi connectivity index (χ3v) is 5.59. The van der Waals surface area contributed by atoms with Crippen molar-refractivity contribution < 1.29 is 9.59 Å². The first kappa shape index (κ1) is 17.7. The number of piperidine rings is 1. The van der Waals surface area contributed by atoms with Gasteiger partial charge in [-0.15, -0.1) is 0 Å². The molecule has 1 amide bonds. The SMILES string of the molecule is Cc1ccc(-n2c3c(cc(C(=O)N4CCCCC4)c2=O)C(=O)CCC3)cc1. The van der Waals surface area contributed by atoms with E-state index in [0.717, 1.165) is 36.9 Å². The number of ketones is 1. The number of carbonyl (C=O) groups excluding carboxylic acids is 2. The average molecular weight is 364 g/mol. The summed E-state index contributed by atoms with van der Waals surface area (Å²) < 4.78 is 1.59. The largest absolute Gasteiger partial charge is 0.338 e. The van der Waals surface area contributed by atoms with Crippen LogP contribution in [0.3, 0.4) is 0 Å².